The zero-order valence-corrected chi connectivity index (χ0v) is 18.5. The van der Waals surface area contributed by atoms with E-state index in [1.807, 2.05) is 0 Å². The number of carbonyl (C=O) groups is 2. The highest BCUT2D eigenvalue weighted by Gasteiger charge is 2.23. The molecular weight excluding hydrogens is 444 g/mol. The third-order valence-electron chi connectivity index (χ3n) is 5.26. The van der Waals surface area contributed by atoms with Gasteiger partial charge in [0, 0.05) is 41.5 Å². The van der Waals surface area contributed by atoms with E-state index in [9.17, 15) is 18.0 Å². The van der Waals surface area contributed by atoms with Gasteiger partial charge in [0.25, 0.3) is 10.0 Å². The van der Waals surface area contributed by atoms with Gasteiger partial charge < -0.3 is 9.84 Å². The van der Waals surface area contributed by atoms with E-state index in [0.717, 1.165) is 3.97 Å². The van der Waals surface area contributed by atoms with Gasteiger partial charge in [0.05, 0.1) is 17.5 Å². The molecule has 4 rings (SSSR count). The molecule has 0 unspecified atom stereocenters. The highest BCUT2D eigenvalue weighted by Crippen LogP contribution is 2.30. The largest absolute Gasteiger partial charge is 0.497 e. The number of ketones is 1. The average Bonchev–Trinajstić information content (AvgIpc) is 3.21. The van der Waals surface area contributed by atoms with Crippen LogP contribution in [-0.2, 0) is 21.2 Å². The van der Waals surface area contributed by atoms with Crippen LogP contribution in [0.2, 0.25) is 0 Å². The number of benzene rings is 2. The number of carboxylic acid groups (broad SMARTS) is 1. The van der Waals surface area contributed by atoms with Crippen LogP contribution in [0.25, 0.3) is 10.9 Å². The molecule has 8 nitrogen and oxygen atoms in total. The van der Waals surface area contributed by atoms with E-state index in [2.05, 4.69) is 4.98 Å². The van der Waals surface area contributed by atoms with Crippen LogP contribution in [0.4, 0.5) is 0 Å². The lowest BCUT2D eigenvalue weighted by Gasteiger charge is -2.09. The molecule has 0 atom stereocenters. The van der Waals surface area contributed by atoms with E-state index < -0.39 is 16.0 Å². The fraction of sp³-hybridized carbons (Fsp3) is 0.125. The molecule has 1 N–H and O–H groups in total. The fourth-order valence-corrected chi connectivity index (χ4v) is 5.03. The molecule has 168 valence electrons. The summed E-state index contributed by atoms with van der Waals surface area (Å²) in [5.41, 5.74) is 1.58. The van der Waals surface area contributed by atoms with Gasteiger partial charge in [-0.2, -0.15) is 0 Å². The molecule has 0 radical (unpaired) electrons. The predicted molar refractivity (Wildman–Crippen MR) is 121 cm³/mol. The molecule has 2 aromatic heterocycles. The van der Waals surface area contributed by atoms with Gasteiger partial charge >= 0.3 is 5.97 Å². The minimum atomic E-state index is -4.08. The Morgan fingerprint density at radius 3 is 2.48 bits per heavy atom. The first-order valence-electron chi connectivity index (χ1n) is 10.0. The van der Waals surface area contributed by atoms with Crippen LogP contribution in [0, 0.1) is 0 Å². The summed E-state index contributed by atoms with van der Waals surface area (Å²) in [4.78, 5) is 27.7. The number of pyridine rings is 1. The van der Waals surface area contributed by atoms with Crippen molar-refractivity contribution in [2.75, 3.05) is 7.11 Å². The van der Waals surface area contributed by atoms with E-state index in [0.29, 0.717) is 27.8 Å². The number of aliphatic carboxylic acids is 1. The van der Waals surface area contributed by atoms with E-state index in [-0.39, 0.29) is 29.1 Å². The van der Waals surface area contributed by atoms with Crippen LogP contribution >= 0.6 is 0 Å². The Balaban J connectivity index is 1.81. The minimum absolute atomic E-state index is 0.0556. The Kier molecular flexibility index (Phi) is 5.97. The Labute approximate surface area is 190 Å². The minimum Gasteiger partial charge on any atom is -0.497 e. The number of nitrogens with zero attached hydrogens (tertiary/aromatic N) is 2. The number of hydrogen-bond donors (Lipinski definition) is 1. The summed E-state index contributed by atoms with van der Waals surface area (Å²) in [6.07, 6.45) is 4.42. The van der Waals surface area contributed by atoms with Crippen molar-refractivity contribution in [3.63, 3.8) is 0 Å². The predicted octanol–water partition coefficient (Wildman–Crippen LogP) is 3.53. The van der Waals surface area contributed by atoms with Crippen molar-refractivity contribution in [1.82, 2.24) is 8.96 Å². The second kappa shape index (κ2) is 8.87. The first kappa shape index (κ1) is 22.2. The first-order chi connectivity index (χ1) is 15.8. The van der Waals surface area contributed by atoms with Crippen LogP contribution in [0.5, 0.6) is 5.75 Å². The van der Waals surface area contributed by atoms with Gasteiger partial charge in [0.15, 0.2) is 5.78 Å². The molecule has 0 fully saturated rings. The van der Waals surface area contributed by atoms with Gasteiger partial charge in [-0.05, 0) is 54.4 Å². The molecule has 9 heteroatoms. The molecule has 33 heavy (non-hydrogen) atoms. The molecule has 0 aliphatic carbocycles. The summed E-state index contributed by atoms with van der Waals surface area (Å²) in [5.74, 6) is -0.776. The van der Waals surface area contributed by atoms with Gasteiger partial charge in [-0.3, -0.25) is 14.6 Å². The Morgan fingerprint density at radius 1 is 1.03 bits per heavy atom. The van der Waals surface area contributed by atoms with Crippen molar-refractivity contribution in [3.05, 3.63) is 89.9 Å². The number of ether oxygens (including phenoxy) is 1. The van der Waals surface area contributed by atoms with Gasteiger partial charge in [-0.1, -0.05) is 12.1 Å². The molecule has 4 aromatic rings. The van der Waals surface area contributed by atoms with Crippen molar-refractivity contribution in [2.24, 2.45) is 0 Å². The summed E-state index contributed by atoms with van der Waals surface area (Å²) < 4.78 is 33.5. The highest BCUT2D eigenvalue weighted by molar-refractivity contribution is 7.90. The molecule has 2 aromatic carbocycles. The quantitative estimate of drug-likeness (QED) is 0.397. The normalized spacial score (nSPS) is 11.4. The highest BCUT2D eigenvalue weighted by atomic mass is 32.2. The topological polar surface area (TPSA) is 116 Å². The summed E-state index contributed by atoms with van der Waals surface area (Å²) in [5, 5.41) is 9.67. The monoisotopic (exact) mass is 464 g/mol. The maximum atomic E-state index is 13.6. The van der Waals surface area contributed by atoms with Crippen LogP contribution < -0.4 is 4.74 Å². The molecule has 2 heterocycles. The van der Waals surface area contributed by atoms with E-state index in [1.54, 1.807) is 36.4 Å². The zero-order valence-electron chi connectivity index (χ0n) is 17.6. The molecule has 0 saturated heterocycles. The lowest BCUT2D eigenvalue weighted by molar-refractivity contribution is -0.136. The molecule has 0 spiro atoms. The van der Waals surface area contributed by atoms with Gasteiger partial charge in [0.1, 0.15) is 5.75 Å². The number of carbonyl (C=O) groups excluding carboxylic acids is 1. The third kappa shape index (κ3) is 4.35. The summed E-state index contributed by atoms with van der Waals surface area (Å²) >= 11 is 0. The van der Waals surface area contributed by atoms with E-state index >= 15 is 0 Å². The van der Waals surface area contributed by atoms with Crippen LogP contribution in [0.1, 0.15) is 27.9 Å². The molecule has 0 aliphatic rings. The fourth-order valence-electron chi connectivity index (χ4n) is 3.59. The number of fused-ring (bicyclic) bond motifs is 1. The second-order valence-corrected chi connectivity index (χ2v) is 9.14. The van der Waals surface area contributed by atoms with E-state index in [1.165, 1.54) is 43.9 Å². The van der Waals surface area contributed by atoms with Crippen molar-refractivity contribution in [2.45, 2.75) is 17.7 Å². The molecule has 0 aliphatic heterocycles. The molecule has 0 bridgehead atoms. The number of aromatic nitrogens is 2. The van der Waals surface area contributed by atoms with Gasteiger partial charge in [0.2, 0.25) is 0 Å². The number of carboxylic acids is 1. The summed E-state index contributed by atoms with van der Waals surface area (Å²) in [7, 11) is -2.58. The summed E-state index contributed by atoms with van der Waals surface area (Å²) in [6, 6.07) is 13.9. The lowest BCUT2D eigenvalue weighted by atomic mass is 10.1. The maximum Gasteiger partial charge on any atom is 0.303 e. The number of methoxy groups -OCH3 is 1. The Hall–Kier alpha value is -3.98. The Morgan fingerprint density at radius 2 is 1.79 bits per heavy atom. The van der Waals surface area contributed by atoms with E-state index in [4.69, 9.17) is 9.84 Å². The van der Waals surface area contributed by atoms with Gasteiger partial charge in [-0.25, -0.2) is 12.4 Å². The first-order valence-corrected chi connectivity index (χ1v) is 11.5. The number of hydrogen-bond acceptors (Lipinski definition) is 6. The second-order valence-electron chi connectivity index (χ2n) is 7.32. The summed E-state index contributed by atoms with van der Waals surface area (Å²) in [6.45, 7) is 0. The molecule has 0 amide bonds. The van der Waals surface area contributed by atoms with Crippen molar-refractivity contribution >= 4 is 32.7 Å². The van der Waals surface area contributed by atoms with Crippen LogP contribution in [-0.4, -0.2) is 41.3 Å². The van der Waals surface area contributed by atoms with Crippen LogP contribution in [0.3, 0.4) is 0 Å². The average molecular weight is 464 g/mol. The SMILES string of the molecule is COc1ccc2c(c1)c(CCC(=O)O)cn2S(=O)(=O)c1cccc(C(=O)c2ccncc2)c1. The van der Waals surface area contributed by atoms with Crippen molar-refractivity contribution in [3.8, 4) is 5.75 Å². The Bertz CT molecular complexity index is 1460. The molecule has 0 saturated carbocycles. The van der Waals surface area contributed by atoms with Crippen LogP contribution in [0.15, 0.2) is 78.1 Å². The third-order valence-corrected chi connectivity index (χ3v) is 6.93. The van der Waals surface area contributed by atoms with Crippen molar-refractivity contribution in [1.29, 1.82) is 0 Å². The number of aryl methyl sites for hydroxylation is 1. The number of rotatable bonds is 8. The zero-order chi connectivity index (χ0) is 23.6. The smallest absolute Gasteiger partial charge is 0.303 e. The standard InChI is InChI=1S/C24H20N2O6S/c1-32-19-6-7-22-21(14-19)18(5-8-23(27)28)15-26(22)33(30,31)20-4-2-3-17(13-20)24(29)16-9-11-25-12-10-16/h2-4,6-7,9-15H,5,8H2,1H3,(H,27,28). The van der Waals surface area contributed by atoms with Gasteiger partial charge in [-0.15, -0.1) is 0 Å². The lowest BCUT2D eigenvalue weighted by Crippen LogP contribution is -2.13. The van der Waals surface area contributed by atoms with Crippen molar-refractivity contribution < 1.29 is 27.9 Å². The maximum absolute atomic E-state index is 13.6. The molecular formula is C24H20N2O6S.